The maximum Gasteiger partial charge on any atom is 0.188 e. The van der Waals surface area contributed by atoms with Gasteiger partial charge in [-0.3, -0.25) is 4.99 Å². The Morgan fingerprint density at radius 3 is 2.64 bits per heavy atom. The van der Waals surface area contributed by atoms with Gasteiger partial charge in [0.2, 0.25) is 0 Å². The summed E-state index contributed by atoms with van der Waals surface area (Å²) in [6.07, 6.45) is 4.71. The van der Waals surface area contributed by atoms with Gasteiger partial charge in [0.1, 0.15) is 5.60 Å². The molecule has 4 nitrogen and oxygen atoms in total. The zero-order valence-electron chi connectivity index (χ0n) is 13.3. The lowest BCUT2D eigenvalue weighted by atomic mass is 9.96. The van der Waals surface area contributed by atoms with Crippen molar-refractivity contribution in [3.05, 3.63) is 34.9 Å². The van der Waals surface area contributed by atoms with Gasteiger partial charge in [-0.2, -0.15) is 0 Å². The van der Waals surface area contributed by atoms with E-state index in [0.717, 1.165) is 13.0 Å². The molecule has 1 aromatic carbocycles. The van der Waals surface area contributed by atoms with Crippen LogP contribution in [0.2, 0.25) is 5.02 Å². The molecule has 0 aliphatic rings. The molecule has 0 aromatic heterocycles. The number of aliphatic imine (C=N–C) groups is 1. The van der Waals surface area contributed by atoms with E-state index in [1.807, 2.05) is 12.1 Å². The largest absolute Gasteiger partial charge is 0.383 e. The topological polar surface area (TPSA) is 70.6 Å². The molecule has 126 valence electrons. The number of guanidine groups is 1. The molecule has 0 aliphatic heterocycles. The summed E-state index contributed by atoms with van der Waals surface area (Å²) in [4.78, 5) is 4.21. The highest BCUT2D eigenvalue weighted by atomic mass is 127. The molecule has 1 unspecified atom stereocenters. The van der Waals surface area contributed by atoms with E-state index in [-0.39, 0.29) is 30.5 Å². The lowest BCUT2D eigenvalue weighted by Crippen LogP contribution is -2.35. The van der Waals surface area contributed by atoms with Gasteiger partial charge in [-0.1, -0.05) is 56.0 Å². The van der Waals surface area contributed by atoms with Gasteiger partial charge in [-0.25, -0.2) is 0 Å². The van der Waals surface area contributed by atoms with Gasteiger partial charge in [0.15, 0.2) is 5.96 Å². The monoisotopic (exact) mass is 439 g/mol. The van der Waals surface area contributed by atoms with Gasteiger partial charge in [0, 0.05) is 17.1 Å². The third-order valence-electron chi connectivity index (χ3n) is 3.35. The molecule has 0 saturated heterocycles. The molecular weight excluding hydrogens is 413 g/mol. The number of benzene rings is 1. The number of nitrogens with zero attached hydrogens (tertiary/aromatic N) is 1. The average molecular weight is 440 g/mol. The smallest absolute Gasteiger partial charge is 0.188 e. The summed E-state index contributed by atoms with van der Waals surface area (Å²) in [5.41, 5.74) is 5.33. The molecule has 0 amide bonds. The van der Waals surface area contributed by atoms with Gasteiger partial charge in [-0.15, -0.1) is 24.0 Å². The number of nitrogens with two attached hydrogens (primary N) is 1. The summed E-state index contributed by atoms with van der Waals surface area (Å²) in [5, 5.41) is 14.1. The maximum absolute atomic E-state index is 10.5. The fourth-order valence-electron chi connectivity index (χ4n) is 2.05. The van der Waals surface area contributed by atoms with E-state index in [9.17, 15) is 5.11 Å². The Morgan fingerprint density at radius 2 is 2.00 bits per heavy atom. The third kappa shape index (κ3) is 7.65. The van der Waals surface area contributed by atoms with Crippen LogP contribution >= 0.6 is 35.6 Å². The normalized spacial score (nSPS) is 14.1. The molecule has 4 N–H and O–H groups in total. The fourth-order valence-corrected chi connectivity index (χ4v) is 2.39. The fraction of sp³-hybridized carbons (Fsp3) is 0.562. The average Bonchev–Trinajstić information content (AvgIpc) is 2.45. The molecule has 0 radical (unpaired) electrons. The first-order valence-corrected chi connectivity index (χ1v) is 7.86. The molecule has 22 heavy (non-hydrogen) atoms. The van der Waals surface area contributed by atoms with E-state index in [1.54, 1.807) is 19.1 Å². The molecule has 0 fully saturated rings. The van der Waals surface area contributed by atoms with Crippen LogP contribution in [0.4, 0.5) is 0 Å². The highest BCUT2D eigenvalue weighted by Crippen LogP contribution is 2.27. The number of rotatable bonds is 8. The summed E-state index contributed by atoms with van der Waals surface area (Å²) >= 11 is 6.10. The Balaban J connectivity index is 0.00000441. The van der Waals surface area contributed by atoms with Crippen LogP contribution in [-0.2, 0) is 5.60 Å². The maximum atomic E-state index is 10.5. The zero-order chi connectivity index (χ0) is 15.7. The number of nitrogens with one attached hydrogen (secondary N) is 1. The van der Waals surface area contributed by atoms with Crippen molar-refractivity contribution in [2.45, 2.75) is 45.1 Å². The lowest BCUT2D eigenvalue weighted by molar-refractivity contribution is 0.0674. The van der Waals surface area contributed by atoms with E-state index in [1.165, 1.54) is 19.3 Å². The minimum Gasteiger partial charge on any atom is -0.383 e. The predicted octanol–water partition coefficient (Wildman–Crippen LogP) is 3.65. The third-order valence-corrected chi connectivity index (χ3v) is 3.68. The Hall–Kier alpha value is -0.530. The molecule has 0 aliphatic carbocycles. The van der Waals surface area contributed by atoms with Crippen LogP contribution in [-0.4, -0.2) is 24.2 Å². The molecule has 0 spiro atoms. The van der Waals surface area contributed by atoms with E-state index in [0.29, 0.717) is 16.5 Å². The van der Waals surface area contributed by atoms with Gasteiger partial charge >= 0.3 is 0 Å². The van der Waals surface area contributed by atoms with Gasteiger partial charge in [0.05, 0.1) is 6.54 Å². The summed E-state index contributed by atoms with van der Waals surface area (Å²) in [5.74, 6) is 0.360. The molecule has 0 saturated carbocycles. The van der Waals surface area contributed by atoms with E-state index in [4.69, 9.17) is 17.3 Å². The minimum atomic E-state index is -1.13. The SMILES string of the molecule is CCCCCCNC(N)=NCC(C)(O)c1ccccc1Cl.I. The highest BCUT2D eigenvalue weighted by Gasteiger charge is 2.25. The second kappa shape index (κ2) is 11.1. The van der Waals surface area contributed by atoms with Crippen molar-refractivity contribution >= 4 is 41.5 Å². The predicted molar refractivity (Wildman–Crippen MR) is 105 cm³/mol. The van der Waals surface area contributed by atoms with Crippen LogP contribution < -0.4 is 11.1 Å². The summed E-state index contributed by atoms with van der Waals surface area (Å²) in [6, 6.07) is 7.22. The number of hydrogen-bond donors (Lipinski definition) is 3. The van der Waals surface area contributed by atoms with Crippen molar-refractivity contribution in [2.75, 3.05) is 13.1 Å². The molecule has 1 aromatic rings. The van der Waals surface area contributed by atoms with Gasteiger partial charge < -0.3 is 16.2 Å². The van der Waals surface area contributed by atoms with Crippen molar-refractivity contribution in [3.8, 4) is 0 Å². The molecule has 1 atom stereocenters. The van der Waals surface area contributed by atoms with Crippen LogP contribution in [0.25, 0.3) is 0 Å². The second-order valence-corrected chi connectivity index (χ2v) is 5.85. The number of halogens is 2. The zero-order valence-corrected chi connectivity index (χ0v) is 16.4. The number of aliphatic hydroxyl groups is 1. The van der Waals surface area contributed by atoms with Gasteiger partial charge in [0.25, 0.3) is 0 Å². The van der Waals surface area contributed by atoms with Crippen molar-refractivity contribution < 1.29 is 5.11 Å². The Labute approximate surface area is 155 Å². The first-order chi connectivity index (χ1) is 9.97. The molecule has 0 bridgehead atoms. The first-order valence-electron chi connectivity index (χ1n) is 7.48. The Morgan fingerprint density at radius 1 is 1.32 bits per heavy atom. The van der Waals surface area contributed by atoms with Crippen molar-refractivity contribution in [1.82, 2.24) is 5.32 Å². The van der Waals surface area contributed by atoms with E-state index >= 15 is 0 Å². The van der Waals surface area contributed by atoms with Crippen LogP contribution in [0, 0.1) is 0 Å². The second-order valence-electron chi connectivity index (χ2n) is 5.44. The molecule has 6 heteroatoms. The van der Waals surface area contributed by atoms with Gasteiger partial charge in [-0.05, 0) is 19.4 Å². The van der Waals surface area contributed by atoms with Crippen LogP contribution in [0.15, 0.2) is 29.3 Å². The summed E-state index contributed by atoms with van der Waals surface area (Å²) in [7, 11) is 0. The molecule has 1 rings (SSSR count). The van der Waals surface area contributed by atoms with Crippen molar-refractivity contribution in [1.29, 1.82) is 0 Å². The van der Waals surface area contributed by atoms with E-state index < -0.39 is 5.60 Å². The Kier molecular flexibility index (Phi) is 10.8. The lowest BCUT2D eigenvalue weighted by Gasteiger charge is -2.23. The first kappa shape index (κ1) is 21.5. The van der Waals surface area contributed by atoms with Crippen molar-refractivity contribution in [2.24, 2.45) is 10.7 Å². The molecular formula is C16H27ClIN3O. The molecule has 0 heterocycles. The quantitative estimate of drug-likeness (QED) is 0.251. The van der Waals surface area contributed by atoms with Crippen molar-refractivity contribution in [3.63, 3.8) is 0 Å². The standard InChI is InChI=1S/C16H26ClN3O.HI/c1-3-4-5-8-11-19-15(18)20-12-16(2,21)13-9-6-7-10-14(13)17;/h6-7,9-10,21H,3-5,8,11-12H2,1-2H3,(H3,18,19,20);1H. The highest BCUT2D eigenvalue weighted by molar-refractivity contribution is 14.0. The van der Waals surface area contributed by atoms with E-state index in [2.05, 4.69) is 17.2 Å². The number of unbranched alkanes of at least 4 members (excludes halogenated alkanes) is 3. The minimum absolute atomic E-state index is 0. The number of hydrogen-bond acceptors (Lipinski definition) is 2. The van der Waals surface area contributed by atoms with Crippen LogP contribution in [0.5, 0.6) is 0 Å². The summed E-state index contributed by atoms with van der Waals surface area (Å²) < 4.78 is 0. The van der Waals surface area contributed by atoms with Crippen LogP contribution in [0.1, 0.15) is 45.1 Å². The van der Waals surface area contributed by atoms with Crippen LogP contribution in [0.3, 0.4) is 0 Å². The Bertz CT molecular complexity index is 466. The summed E-state index contributed by atoms with van der Waals surface area (Å²) in [6.45, 7) is 4.85.